The normalized spacial score (nSPS) is 13.5. The molecule has 0 spiro atoms. The van der Waals surface area contributed by atoms with Gasteiger partial charge in [-0.3, -0.25) is 0 Å². The van der Waals surface area contributed by atoms with Crippen LogP contribution in [0.15, 0.2) is 192 Å². The van der Waals surface area contributed by atoms with Crippen molar-refractivity contribution in [3.63, 3.8) is 0 Å². The van der Waals surface area contributed by atoms with E-state index in [0.717, 1.165) is 45.6 Å². The van der Waals surface area contributed by atoms with Crippen LogP contribution in [0.4, 0.5) is 17.1 Å². The molecule has 1 heterocycles. The lowest BCUT2D eigenvalue weighted by Gasteiger charge is -2.30. The average molecular weight is 782 g/mol. The highest BCUT2D eigenvalue weighted by Gasteiger charge is 2.24. The van der Waals surface area contributed by atoms with Crippen molar-refractivity contribution in [2.75, 3.05) is 4.90 Å². The lowest BCUT2D eigenvalue weighted by Crippen LogP contribution is -2.13. The SMILES string of the molecule is CC(C)(C)c1ccc(N(c2ccc3c(c2)-c2ccccc2C/C3=C/c2ccc3c(c2)oc2ccc4ccccc4c23)c2ccc3c(ccc4c5ccccc5ccc34)c2)cc1. The van der Waals surface area contributed by atoms with Crippen molar-refractivity contribution in [1.29, 1.82) is 0 Å². The van der Waals surface area contributed by atoms with E-state index in [-0.39, 0.29) is 5.41 Å². The molecule has 12 rings (SSSR count). The van der Waals surface area contributed by atoms with Gasteiger partial charge in [-0.05, 0) is 148 Å². The number of anilines is 3. The Morgan fingerprint density at radius 3 is 1.89 bits per heavy atom. The molecule has 0 saturated carbocycles. The second-order valence-electron chi connectivity index (χ2n) is 17.7. The number of furan rings is 1. The first kappa shape index (κ1) is 35.5. The van der Waals surface area contributed by atoms with Crippen molar-refractivity contribution in [3.05, 3.63) is 210 Å². The summed E-state index contributed by atoms with van der Waals surface area (Å²) in [6.07, 6.45) is 3.22. The standard InChI is InChI=1S/C59H43NO/c1-59(2,3)43-20-22-44(23-21-43)60(45-24-29-49-41(35-45)18-28-52-47-13-7-4-10-38(47)17-27-53(49)52)46-25-30-50-42(34-40-12-6-8-14-48(40)55(50)36-46)32-37-16-26-54-57(33-37)61-56-31-19-39-11-5-9-15-51(39)58(54)56/h4-33,35-36H,34H2,1-3H3/b42-32-. The molecule has 1 aliphatic rings. The predicted octanol–water partition coefficient (Wildman–Crippen LogP) is 16.7. The van der Waals surface area contributed by atoms with E-state index < -0.39 is 0 Å². The molecule has 61 heavy (non-hydrogen) atoms. The molecule has 0 N–H and O–H groups in total. The minimum atomic E-state index is 0.0547. The Balaban J connectivity index is 0.999. The summed E-state index contributed by atoms with van der Waals surface area (Å²) in [5, 5.41) is 12.4. The minimum absolute atomic E-state index is 0.0547. The van der Waals surface area contributed by atoms with Crippen molar-refractivity contribution in [1.82, 2.24) is 0 Å². The molecule has 0 bridgehead atoms. The number of fused-ring (bicyclic) bond motifs is 13. The maximum Gasteiger partial charge on any atom is 0.136 e. The van der Waals surface area contributed by atoms with Crippen molar-refractivity contribution < 1.29 is 4.42 Å². The second-order valence-corrected chi connectivity index (χ2v) is 17.7. The molecular formula is C59H43NO. The molecule has 0 atom stereocenters. The summed E-state index contributed by atoms with van der Waals surface area (Å²) < 4.78 is 6.50. The zero-order valence-electron chi connectivity index (χ0n) is 34.5. The van der Waals surface area contributed by atoms with Crippen LogP contribution in [0.2, 0.25) is 0 Å². The van der Waals surface area contributed by atoms with E-state index in [1.807, 2.05) is 0 Å². The van der Waals surface area contributed by atoms with Crippen molar-refractivity contribution in [2.24, 2.45) is 0 Å². The zero-order valence-corrected chi connectivity index (χ0v) is 34.5. The number of hydrogen-bond acceptors (Lipinski definition) is 2. The Morgan fingerprint density at radius 2 is 1.07 bits per heavy atom. The van der Waals surface area contributed by atoms with Crippen LogP contribution >= 0.6 is 0 Å². The molecule has 0 aliphatic heterocycles. The van der Waals surface area contributed by atoms with E-state index >= 15 is 0 Å². The van der Waals surface area contributed by atoms with Gasteiger partial charge >= 0.3 is 0 Å². The molecule has 0 amide bonds. The lowest BCUT2D eigenvalue weighted by atomic mass is 9.81. The van der Waals surface area contributed by atoms with Gasteiger partial charge in [0, 0.05) is 27.8 Å². The quantitative estimate of drug-likeness (QED) is 0.165. The molecule has 0 saturated heterocycles. The van der Waals surface area contributed by atoms with Gasteiger partial charge in [-0.25, -0.2) is 0 Å². The highest BCUT2D eigenvalue weighted by molar-refractivity contribution is 6.19. The maximum absolute atomic E-state index is 6.50. The number of rotatable bonds is 4. The molecule has 1 aliphatic carbocycles. The van der Waals surface area contributed by atoms with E-state index in [1.165, 1.54) is 81.9 Å². The van der Waals surface area contributed by atoms with Gasteiger partial charge in [-0.1, -0.05) is 160 Å². The van der Waals surface area contributed by atoms with Crippen LogP contribution in [0.25, 0.3) is 87.8 Å². The first-order valence-corrected chi connectivity index (χ1v) is 21.4. The molecule has 290 valence electrons. The van der Waals surface area contributed by atoms with Crippen LogP contribution in [-0.2, 0) is 11.8 Å². The van der Waals surface area contributed by atoms with Crippen molar-refractivity contribution in [2.45, 2.75) is 32.6 Å². The third kappa shape index (κ3) is 5.85. The summed E-state index contributed by atoms with van der Waals surface area (Å²) in [7, 11) is 0. The number of hydrogen-bond donors (Lipinski definition) is 0. The van der Waals surface area contributed by atoms with E-state index in [4.69, 9.17) is 4.42 Å². The van der Waals surface area contributed by atoms with E-state index in [9.17, 15) is 0 Å². The van der Waals surface area contributed by atoms with Gasteiger partial charge in [-0.2, -0.15) is 0 Å². The highest BCUT2D eigenvalue weighted by Crippen LogP contribution is 2.46. The Morgan fingerprint density at radius 1 is 0.443 bits per heavy atom. The first-order valence-electron chi connectivity index (χ1n) is 21.4. The molecular weight excluding hydrogens is 739 g/mol. The number of benzene rings is 10. The molecule has 0 unspecified atom stereocenters. The van der Waals surface area contributed by atoms with Crippen LogP contribution in [-0.4, -0.2) is 0 Å². The van der Waals surface area contributed by atoms with E-state index in [2.05, 4.69) is 220 Å². The van der Waals surface area contributed by atoms with Crippen LogP contribution in [0, 0.1) is 0 Å². The summed E-state index contributed by atoms with van der Waals surface area (Å²) in [4.78, 5) is 2.43. The fourth-order valence-electron chi connectivity index (χ4n) is 9.91. The molecule has 2 heteroatoms. The molecule has 1 aromatic heterocycles. The largest absolute Gasteiger partial charge is 0.456 e. The van der Waals surface area contributed by atoms with Gasteiger partial charge in [0.2, 0.25) is 0 Å². The van der Waals surface area contributed by atoms with Crippen molar-refractivity contribution in [3.8, 4) is 11.1 Å². The van der Waals surface area contributed by atoms with E-state index in [0.29, 0.717) is 0 Å². The van der Waals surface area contributed by atoms with Crippen molar-refractivity contribution >= 4 is 93.7 Å². The third-order valence-electron chi connectivity index (χ3n) is 13.0. The van der Waals surface area contributed by atoms with Crippen LogP contribution in [0.5, 0.6) is 0 Å². The number of allylic oxidation sites excluding steroid dienone is 1. The second kappa shape index (κ2) is 13.6. The first-order chi connectivity index (χ1) is 29.8. The monoisotopic (exact) mass is 781 g/mol. The van der Waals surface area contributed by atoms with Crippen LogP contribution in [0.1, 0.15) is 43.0 Å². The fourth-order valence-corrected chi connectivity index (χ4v) is 9.91. The zero-order chi connectivity index (χ0) is 40.8. The average Bonchev–Trinajstić information content (AvgIpc) is 3.67. The molecule has 2 nitrogen and oxygen atoms in total. The third-order valence-corrected chi connectivity index (χ3v) is 13.0. The minimum Gasteiger partial charge on any atom is -0.456 e. The van der Waals surface area contributed by atoms with Crippen LogP contribution in [0.3, 0.4) is 0 Å². The van der Waals surface area contributed by atoms with E-state index in [1.54, 1.807) is 0 Å². The number of nitrogens with zero attached hydrogens (tertiary/aromatic N) is 1. The fraction of sp³-hybridized carbons (Fsp3) is 0.0847. The molecule has 10 aromatic carbocycles. The molecule has 11 aromatic rings. The van der Waals surface area contributed by atoms with Gasteiger partial charge < -0.3 is 9.32 Å². The summed E-state index contributed by atoms with van der Waals surface area (Å²) in [5.74, 6) is 0. The van der Waals surface area contributed by atoms with Gasteiger partial charge in [0.05, 0.1) is 0 Å². The highest BCUT2D eigenvalue weighted by atomic mass is 16.3. The summed E-state index contributed by atoms with van der Waals surface area (Å²) in [6.45, 7) is 6.83. The van der Waals surface area contributed by atoms with Gasteiger partial charge in [0.25, 0.3) is 0 Å². The summed E-state index contributed by atoms with van der Waals surface area (Å²) in [6, 6.07) is 69.4. The van der Waals surface area contributed by atoms with Gasteiger partial charge in [-0.15, -0.1) is 0 Å². The molecule has 0 fully saturated rings. The Hall–Kier alpha value is -7.42. The predicted molar refractivity (Wildman–Crippen MR) is 261 cm³/mol. The Labute approximate surface area is 355 Å². The summed E-state index contributed by atoms with van der Waals surface area (Å²) in [5.41, 5.74) is 14.2. The van der Waals surface area contributed by atoms with Gasteiger partial charge in [0.15, 0.2) is 0 Å². The molecule has 0 radical (unpaired) electrons. The Kier molecular flexibility index (Phi) is 7.89. The Bertz CT molecular complexity index is 3600. The topological polar surface area (TPSA) is 16.4 Å². The maximum atomic E-state index is 6.50. The van der Waals surface area contributed by atoms with Gasteiger partial charge in [0.1, 0.15) is 11.2 Å². The summed E-state index contributed by atoms with van der Waals surface area (Å²) >= 11 is 0. The lowest BCUT2D eigenvalue weighted by molar-refractivity contribution is 0.590. The van der Waals surface area contributed by atoms with Crippen LogP contribution < -0.4 is 4.90 Å². The smallest absolute Gasteiger partial charge is 0.136 e.